The van der Waals surface area contributed by atoms with Crippen molar-refractivity contribution in [3.8, 4) is 5.88 Å². The summed E-state index contributed by atoms with van der Waals surface area (Å²) in [6.45, 7) is 4.07. The van der Waals surface area contributed by atoms with Gasteiger partial charge in [-0.05, 0) is 43.9 Å². The van der Waals surface area contributed by atoms with Crippen molar-refractivity contribution in [1.29, 1.82) is 0 Å². The summed E-state index contributed by atoms with van der Waals surface area (Å²) in [6, 6.07) is 13.7. The molecule has 2 fully saturated rings. The maximum Gasteiger partial charge on any atom is 0.217 e. The molecule has 2 saturated heterocycles. The molecule has 0 amide bonds. The van der Waals surface area contributed by atoms with Gasteiger partial charge in [-0.1, -0.05) is 30.3 Å². The summed E-state index contributed by atoms with van der Waals surface area (Å²) in [4.78, 5) is 7.02. The Morgan fingerprint density at radius 1 is 1.19 bits per heavy atom. The van der Waals surface area contributed by atoms with Crippen LogP contribution in [0.15, 0.2) is 42.6 Å². The predicted octanol–water partition coefficient (Wildman–Crippen LogP) is 3.27. The summed E-state index contributed by atoms with van der Waals surface area (Å²) in [6.07, 6.45) is 6.96. The molecule has 144 valence electrons. The van der Waals surface area contributed by atoms with Crippen LogP contribution >= 0.6 is 0 Å². The predicted molar refractivity (Wildman–Crippen MR) is 109 cm³/mol. The SMILES string of the molecule is COc1ncc(N2CCCCC2)cc1CN[C@H]1CCN[C@H]1c1ccccc1. The molecule has 27 heavy (non-hydrogen) atoms. The highest BCUT2D eigenvalue weighted by Gasteiger charge is 2.27. The largest absolute Gasteiger partial charge is 0.481 e. The third-order valence-corrected chi connectivity index (χ3v) is 5.76. The molecule has 1 aromatic carbocycles. The van der Waals surface area contributed by atoms with E-state index in [1.54, 1.807) is 7.11 Å². The normalized spacial score (nSPS) is 22.8. The zero-order valence-corrected chi connectivity index (χ0v) is 16.2. The first-order chi connectivity index (χ1) is 13.3. The molecular weight excluding hydrogens is 336 g/mol. The Balaban J connectivity index is 1.46. The van der Waals surface area contributed by atoms with Gasteiger partial charge in [0.05, 0.1) is 19.0 Å². The monoisotopic (exact) mass is 366 g/mol. The zero-order valence-electron chi connectivity index (χ0n) is 16.2. The summed E-state index contributed by atoms with van der Waals surface area (Å²) in [7, 11) is 1.70. The Hall–Kier alpha value is -2.11. The molecule has 0 saturated carbocycles. The lowest BCUT2D eigenvalue weighted by atomic mass is 10.0. The molecule has 2 aliphatic rings. The number of ether oxygens (including phenoxy) is 1. The second-order valence-corrected chi connectivity index (χ2v) is 7.53. The number of pyridine rings is 1. The Bertz CT molecular complexity index is 730. The summed E-state index contributed by atoms with van der Waals surface area (Å²) < 4.78 is 5.53. The van der Waals surface area contributed by atoms with Crippen LogP contribution in [-0.2, 0) is 6.54 Å². The molecule has 5 heteroatoms. The highest BCUT2D eigenvalue weighted by molar-refractivity contribution is 5.49. The van der Waals surface area contributed by atoms with Crippen LogP contribution in [0.1, 0.15) is 42.9 Å². The molecule has 2 aliphatic heterocycles. The van der Waals surface area contributed by atoms with Crippen molar-refractivity contribution in [2.45, 2.75) is 44.3 Å². The zero-order chi connectivity index (χ0) is 18.5. The van der Waals surface area contributed by atoms with Gasteiger partial charge in [-0.3, -0.25) is 0 Å². The Labute approximate surface area is 162 Å². The number of methoxy groups -OCH3 is 1. The fraction of sp³-hybridized carbons (Fsp3) is 0.500. The molecule has 2 atom stereocenters. The average Bonchev–Trinajstić information content (AvgIpc) is 3.22. The summed E-state index contributed by atoms with van der Waals surface area (Å²) in [5.74, 6) is 0.727. The van der Waals surface area contributed by atoms with E-state index in [9.17, 15) is 0 Å². The van der Waals surface area contributed by atoms with Gasteiger partial charge in [0.1, 0.15) is 0 Å². The number of piperidine rings is 1. The van der Waals surface area contributed by atoms with Gasteiger partial charge in [0.15, 0.2) is 0 Å². The van der Waals surface area contributed by atoms with Crippen LogP contribution in [0.4, 0.5) is 5.69 Å². The minimum Gasteiger partial charge on any atom is -0.481 e. The number of hydrogen-bond acceptors (Lipinski definition) is 5. The van der Waals surface area contributed by atoms with Gasteiger partial charge in [-0.15, -0.1) is 0 Å². The second kappa shape index (κ2) is 8.72. The molecule has 0 unspecified atom stereocenters. The van der Waals surface area contributed by atoms with Crippen molar-refractivity contribution in [3.63, 3.8) is 0 Å². The molecule has 2 N–H and O–H groups in total. The molecule has 1 aromatic heterocycles. The topological polar surface area (TPSA) is 49.4 Å². The van der Waals surface area contributed by atoms with E-state index in [-0.39, 0.29) is 0 Å². The highest BCUT2D eigenvalue weighted by Crippen LogP contribution is 2.27. The van der Waals surface area contributed by atoms with E-state index in [2.05, 4.69) is 56.9 Å². The van der Waals surface area contributed by atoms with E-state index in [1.165, 1.54) is 30.5 Å². The van der Waals surface area contributed by atoms with Gasteiger partial charge in [0, 0.05) is 37.3 Å². The first-order valence-electron chi connectivity index (χ1n) is 10.1. The molecule has 3 heterocycles. The quantitative estimate of drug-likeness (QED) is 0.822. The number of aromatic nitrogens is 1. The van der Waals surface area contributed by atoms with Crippen LogP contribution in [0.2, 0.25) is 0 Å². The minimum atomic E-state index is 0.357. The molecule has 0 aliphatic carbocycles. The van der Waals surface area contributed by atoms with Crippen LogP contribution in [0.3, 0.4) is 0 Å². The fourth-order valence-electron chi connectivity index (χ4n) is 4.30. The fourth-order valence-corrected chi connectivity index (χ4v) is 4.30. The molecule has 2 aromatic rings. The van der Waals surface area contributed by atoms with Crippen molar-refractivity contribution >= 4 is 5.69 Å². The van der Waals surface area contributed by atoms with Crippen molar-refractivity contribution in [2.24, 2.45) is 0 Å². The van der Waals surface area contributed by atoms with Gasteiger partial charge < -0.3 is 20.3 Å². The summed E-state index contributed by atoms with van der Waals surface area (Å²) >= 11 is 0. The number of nitrogens with one attached hydrogen (secondary N) is 2. The maximum absolute atomic E-state index is 5.53. The lowest BCUT2D eigenvalue weighted by molar-refractivity contribution is 0.385. The van der Waals surface area contributed by atoms with Gasteiger partial charge >= 0.3 is 0 Å². The number of hydrogen-bond donors (Lipinski definition) is 2. The average molecular weight is 367 g/mol. The molecule has 5 nitrogen and oxygen atoms in total. The van der Waals surface area contributed by atoms with Crippen LogP contribution in [0.5, 0.6) is 5.88 Å². The second-order valence-electron chi connectivity index (χ2n) is 7.53. The third-order valence-electron chi connectivity index (χ3n) is 5.76. The first-order valence-corrected chi connectivity index (χ1v) is 10.1. The van der Waals surface area contributed by atoms with Gasteiger partial charge in [0.25, 0.3) is 0 Å². The van der Waals surface area contributed by atoms with E-state index in [1.807, 2.05) is 6.20 Å². The first kappa shape index (κ1) is 18.3. The van der Waals surface area contributed by atoms with E-state index in [0.717, 1.165) is 44.0 Å². The van der Waals surface area contributed by atoms with Gasteiger partial charge in [-0.25, -0.2) is 4.98 Å². The number of rotatable bonds is 6. The van der Waals surface area contributed by atoms with Crippen molar-refractivity contribution < 1.29 is 4.74 Å². The summed E-state index contributed by atoms with van der Waals surface area (Å²) in [5, 5.41) is 7.38. The molecule has 0 radical (unpaired) electrons. The third kappa shape index (κ3) is 4.25. The lowest BCUT2D eigenvalue weighted by Gasteiger charge is -2.29. The summed E-state index contributed by atoms with van der Waals surface area (Å²) in [5.41, 5.74) is 3.70. The number of benzene rings is 1. The molecular formula is C22H30N4O. The standard InChI is InChI=1S/C22H30N4O/c1-27-22-18(14-19(16-25-22)26-12-6-3-7-13-26)15-24-20-10-11-23-21(20)17-8-4-2-5-9-17/h2,4-5,8-9,14,16,20-21,23-24H,3,6-7,10-13,15H2,1H3/t20-,21-/m0/s1. The number of nitrogens with zero attached hydrogens (tertiary/aromatic N) is 2. The lowest BCUT2D eigenvalue weighted by Crippen LogP contribution is -2.34. The van der Waals surface area contributed by atoms with Crippen LogP contribution in [0.25, 0.3) is 0 Å². The van der Waals surface area contributed by atoms with Gasteiger partial charge in [-0.2, -0.15) is 0 Å². The maximum atomic E-state index is 5.53. The van der Waals surface area contributed by atoms with E-state index in [4.69, 9.17) is 4.74 Å². The van der Waals surface area contributed by atoms with E-state index >= 15 is 0 Å². The Morgan fingerprint density at radius 2 is 2.00 bits per heavy atom. The van der Waals surface area contributed by atoms with Crippen LogP contribution < -0.4 is 20.3 Å². The molecule has 4 rings (SSSR count). The van der Waals surface area contributed by atoms with E-state index < -0.39 is 0 Å². The minimum absolute atomic E-state index is 0.357. The number of anilines is 1. The molecule has 0 spiro atoms. The van der Waals surface area contributed by atoms with Crippen molar-refractivity contribution in [2.75, 3.05) is 31.6 Å². The van der Waals surface area contributed by atoms with Crippen LogP contribution in [0, 0.1) is 0 Å². The Kier molecular flexibility index (Phi) is 5.90. The highest BCUT2D eigenvalue weighted by atomic mass is 16.5. The van der Waals surface area contributed by atoms with E-state index in [0.29, 0.717) is 12.1 Å². The van der Waals surface area contributed by atoms with Crippen molar-refractivity contribution in [1.82, 2.24) is 15.6 Å². The molecule has 0 bridgehead atoms. The van der Waals surface area contributed by atoms with Gasteiger partial charge in [0.2, 0.25) is 5.88 Å². The van der Waals surface area contributed by atoms with Crippen molar-refractivity contribution in [3.05, 3.63) is 53.7 Å². The Morgan fingerprint density at radius 3 is 2.78 bits per heavy atom. The van der Waals surface area contributed by atoms with Crippen LogP contribution in [-0.4, -0.2) is 37.8 Å². The smallest absolute Gasteiger partial charge is 0.217 e.